The van der Waals surface area contributed by atoms with Gasteiger partial charge in [0, 0.05) is 16.3 Å². The molecule has 2 N–H and O–H groups in total. The number of carboxylic acid groups (broad SMARTS) is 1. The van der Waals surface area contributed by atoms with Gasteiger partial charge in [0.25, 0.3) is 0 Å². The van der Waals surface area contributed by atoms with E-state index in [0.717, 1.165) is 12.0 Å². The molecule has 6 nitrogen and oxygen atoms in total. The summed E-state index contributed by atoms with van der Waals surface area (Å²) in [4.78, 5) is 23.6. The summed E-state index contributed by atoms with van der Waals surface area (Å²) >= 11 is 2.42. The molecule has 1 amide bonds. The molecule has 0 aliphatic carbocycles. The van der Waals surface area contributed by atoms with Crippen molar-refractivity contribution in [1.82, 2.24) is 0 Å². The first-order valence-corrected chi connectivity index (χ1v) is 11.1. The number of aromatic carboxylic acids is 1. The third-order valence-electron chi connectivity index (χ3n) is 4.53. The molecule has 0 aliphatic rings. The number of ether oxygens (including phenoxy) is 2. The number of aryl methyl sites for hydroxylation is 1. The third kappa shape index (κ3) is 8.05. The summed E-state index contributed by atoms with van der Waals surface area (Å²) in [6.07, 6.45) is 1.57. The molecule has 0 saturated heterocycles. The Hall–Kier alpha value is -2.29. The van der Waals surface area contributed by atoms with E-state index in [9.17, 15) is 14.7 Å². The van der Waals surface area contributed by atoms with E-state index in [0.29, 0.717) is 23.6 Å². The zero-order valence-corrected chi connectivity index (χ0v) is 20.8. The van der Waals surface area contributed by atoms with Crippen molar-refractivity contribution >= 4 is 40.2 Å². The first-order chi connectivity index (χ1) is 14.4. The first kappa shape index (κ1) is 25.0. The van der Waals surface area contributed by atoms with Crippen LogP contribution in [0, 0.1) is 0 Å². The summed E-state index contributed by atoms with van der Waals surface area (Å²) in [7, 11) is 1.59. The van der Waals surface area contributed by atoms with E-state index < -0.39 is 5.97 Å². The minimum absolute atomic E-state index is 0.0660. The normalized spacial score (nSPS) is 11.7. The number of carbonyl (C=O) groups is 2. The average Bonchev–Trinajstić information content (AvgIpc) is 2.65. The van der Waals surface area contributed by atoms with Crippen LogP contribution in [0.15, 0.2) is 42.5 Å². The second-order valence-corrected chi connectivity index (χ2v) is 11.6. The molecule has 168 valence electrons. The van der Waals surface area contributed by atoms with Gasteiger partial charge in [0.15, 0.2) is 11.5 Å². The van der Waals surface area contributed by atoms with Gasteiger partial charge in [-0.1, -0.05) is 54.6 Å². The van der Waals surface area contributed by atoms with Gasteiger partial charge >= 0.3 is 5.97 Å². The molecule has 7 heteroatoms. The van der Waals surface area contributed by atoms with Crippen LogP contribution in [0.5, 0.6) is 11.5 Å². The molecule has 0 radical (unpaired) electrons. The van der Waals surface area contributed by atoms with Crippen LogP contribution in [-0.2, 0) is 11.2 Å². The fourth-order valence-electron chi connectivity index (χ4n) is 3.55. The van der Waals surface area contributed by atoms with E-state index in [-0.39, 0.29) is 26.9 Å². The number of carboxylic acids is 1. The van der Waals surface area contributed by atoms with Crippen molar-refractivity contribution in [1.29, 1.82) is 0 Å². The molecular formula is C24H30INO5. The molecule has 2 rings (SSSR count). The molecule has 2 aromatic carbocycles. The van der Waals surface area contributed by atoms with Gasteiger partial charge in [0.2, 0.25) is 5.91 Å². The summed E-state index contributed by atoms with van der Waals surface area (Å²) < 4.78 is 11.8. The molecule has 0 bridgehead atoms. The summed E-state index contributed by atoms with van der Waals surface area (Å²) in [5.41, 5.74) is 0.924. The fourth-order valence-corrected chi connectivity index (χ4v) is 4.47. The highest BCUT2D eigenvalue weighted by Gasteiger charge is 2.29. The first-order valence-electron chi connectivity index (χ1n) is 10.1. The Morgan fingerprint density at radius 3 is 2.35 bits per heavy atom. The number of halogens is 1. The molecule has 0 spiro atoms. The lowest BCUT2D eigenvalue weighted by Gasteiger charge is -2.32. The summed E-state index contributed by atoms with van der Waals surface area (Å²) in [5.74, 6) is -0.0475. The standard InChI is InChI=1S/C24H30INO5/c1-23(2,25)15-24(3,4)31-19-12-10-16(14-20(19)30-5)11-13-21(27)26-18-9-7-6-8-17(18)22(28)29/h6-10,12,14H,11,13,15H2,1-5H3,(H,26,27)(H,28,29). The van der Waals surface area contributed by atoms with Crippen LogP contribution >= 0.6 is 22.6 Å². The lowest BCUT2D eigenvalue weighted by atomic mass is 9.96. The second-order valence-electron chi connectivity index (χ2n) is 8.64. The molecule has 2 aromatic rings. The van der Waals surface area contributed by atoms with Crippen molar-refractivity contribution in [3.05, 3.63) is 53.6 Å². The van der Waals surface area contributed by atoms with Crippen LogP contribution in [0.4, 0.5) is 5.69 Å². The minimum atomic E-state index is -1.08. The van der Waals surface area contributed by atoms with E-state index in [4.69, 9.17) is 9.47 Å². The number of hydrogen-bond donors (Lipinski definition) is 2. The monoisotopic (exact) mass is 539 g/mol. The average molecular weight is 539 g/mol. The van der Waals surface area contributed by atoms with E-state index in [1.165, 1.54) is 6.07 Å². The van der Waals surface area contributed by atoms with Crippen molar-refractivity contribution in [3.63, 3.8) is 0 Å². The smallest absolute Gasteiger partial charge is 0.337 e. The highest BCUT2D eigenvalue weighted by Crippen LogP contribution is 2.36. The molecule has 0 unspecified atom stereocenters. The van der Waals surface area contributed by atoms with Gasteiger partial charge in [-0.3, -0.25) is 4.79 Å². The van der Waals surface area contributed by atoms with Crippen LogP contribution in [0.3, 0.4) is 0 Å². The summed E-state index contributed by atoms with van der Waals surface area (Å²) in [6.45, 7) is 8.44. The van der Waals surface area contributed by atoms with E-state index in [1.807, 2.05) is 18.2 Å². The summed E-state index contributed by atoms with van der Waals surface area (Å²) in [6, 6.07) is 12.0. The predicted molar refractivity (Wildman–Crippen MR) is 131 cm³/mol. The molecule has 0 heterocycles. The quantitative estimate of drug-likeness (QED) is 0.298. The highest BCUT2D eigenvalue weighted by molar-refractivity contribution is 14.1. The van der Waals surface area contributed by atoms with Gasteiger partial charge in [-0.25, -0.2) is 4.79 Å². The van der Waals surface area contributed by atoms with Crippen molar-refractivity contribution in [2.75, 3.05) is 12.4 Å². The predicted octanol–water partition coefficient (Wildman–Crippen LogP) is 5.73. The Labute approximate surface area is 197 Å². The zero-order chi connectivity index (χ0) is 23.2. The Morgan fingerprint density at radius 2 is 1.74 bits per heavy atom. The van der Waals surface area contributed by atoms with Gasteiger partial charge in [-0.2, -0.15) is 0 Å². The van der Waals surface area contributed by atoms with Crippen LogP contribution in [0.2, 0.25) is 0 Å². The number of carbonyl (C=O) groups excluding carboxylic acids is 1. The van der Waals surface area contributed by atoms with Gasteiger partial charge in [-0.15, -0.1) is 0 Å². The maximum Gasteiger partial charge on any atom is 0.337 e. The minimum Gasteiger partial charge on any atom is -0.493 e. The Bertz CT molecular complexity index is 934. The van der Waals surface area contributed by atoms with E-state index >= 15 is 0 Å². The number of amides is 1. The van der Waals surface area contributed by atoms with Gasteiger partial charge in [-0.05, 0) is 50.1 Å². The van der Waals surface area contributed by atoms with Crippen molar-refractivity contribution in [2.24, 2.45) is 0 Å². The van der Waals surface area contributed by atoms with Crippen molar-refractivity contribution < 1.29 is 24.2 Å². The molecule has 31 heavy (non-hydrogen) atoms. The lowest BCUT2D eigenvalue weighted by molar-refractivity contribution is -0.116. The van der Waals surface area contributed by atoms with Crippen LogP contribution in [0.25, 0.3) is 0 Å². The highest BCUT2D eigenvalue weighted by atomic mass is 127. The van der Waals surface area contributed by atoms with Gasteiger partial charge < -0.3 is 19.9 Å². The molecule has 0 atom stereocenters. The molecule has 0 aliphatic heterocycles. The number of nitrogens with one attached hydrogen (secondary N) is 1. The molecule has 0 saturated carbocycles. The Morgan fingerprint density at radius 1 is 1.06 bits per heavy atom. The molecular weight excluding hydrogens is 509 g/mol. The van der Waals surface area contributed by atoms with Crippen molar-refractivity contribution in [3.8, 4) is 11.5 Å². The SMILES string of the molecule is COc1cc(CCC(=O)Nc2ccccc2C(=O)O)ccc1OC(C)(C)CC(C)(C)I. The summed E-state index contributed by atoms with van der Waals surface area (Å²) in [5, 5.41) is 11.9. The number of anilines is 1. The number of alkyl halides is 1. The maximum absolute atomic E-state index is 12.3. The van der Waals surface area contributed by atoms with Crippen LogP contribution < -0.4 is 14.8 Å². The van der Waals surface area contributed by atoms with Crippen LogP contribution in [-0.4, -0.2) is 33.1 Å². The van der Waals surface area contributed by atoms with E-state index in [1.54, 1.807) is 25.3 Å². The maximum atomic E-state index is 12.3. The topological polar surface area (TPSA) is 84.9 Å². The Balaban J connectivity index is 2.03. The number of hydrogen-bond acceptors (Lipinski definition) is 4. The van der Waals surface area contributed by atoms with Crippen LogP contribution in [0.1, 0.15) is 56.5 Å². The largest absolute Gasteiger partial charge is 0.493 e. The molecule has 0 aromatic heterocycles. The van der Waals surface area contributed by atoms with Gasteiger partial charge in [0.1, 0.15) is 5.60 Å². The Kier molecular flexibility index (Phi) is 8.34. The van der Waals surface area contributed by atoms with E-state index in [2.05, 4.69) is 55.6 Å². The lowest BCUT2D eigenvalue weighted by Crippen LogP contribution is -2.34. The number of methoxy groups -OCH3 is 1. The number of benzene rings is 2. The third-order valence-corrected chi connectivity index (χ3v) is 4.91. The van der Waals surface area contributed by atoms with Gasteiger partial charge in [0.05, 0.1) is 18.4 Å². The second kappa shape index (κ2) is 10.3. The zero-order valence-electron chi connectivity index (χ0n) is 18.6. The van der Waals surface area contributed by atoms with Crippen molar-refractivity contribution in [2.45, 2.75) is 56.0 Å². The number of rotatable bonds is 10. The fraction of sp³-hybridized carbons (Fsp3) is 0.417. The molecule has 0 fully saturated rings. The number of para-hydroxylation sites is 1.